The summed E-state index contributed by atoms with van der Waals surface area (Å²) in [5, 5.41) is 0. The quantitative estimate of drug-likeness (QED) is 0.757. The number of anilines is 2. The van der Waals surface area contributed by atoms with Crippen molar-refractivity contribution in [2.75, 3.05) is 17.2 Å². The molecule has 0 saturated carbocycles. The molecule has 2 unspecified atom stereocenters. The average molecular weight is 263 g/mol. The molecule has 0 spiro atoms. The second-order valence-corrected chi connectivity index (χ2v) is 4.64. The maximum Gasteiger partial charge on any atom is 0.274 e. The van der Waals surface area contributed by atoms with E-state index >= 15 is 0 Å². The summed E-state index contributed by atoms with van der Waals surface area (Å²) in [6, 6.07) is 4.87. The van der Waals surface area contributed by atoms with Crippen LogP contribution in [0.25, 0.3) is 0 Å². The first-order valence-electron chi connectivity index (χ1n) is 6.09. The van der Waals surface area contributed by atoms with E-state index in [2.05, 4.69) is 0 Å². The van der Waals surface area contributed by atoms with Gasteiger partial charge < -0.3 is 16.2 Å². The van der Waals surface area contributed by atoms with Crippen LogP contribution in [0, 0.1) is 5.92 Å². The molecule has 0 radical (unpaired) electrons. The molecule has 102 valence electrons. The molecule has 6 nitrogen and oxygen atoms in total. The lowest BCUT2D eigenvalue weighted by Crippen LogP contribution is -2.50. The van der Waals surface area contributed by atoms with Gasteiger partial charge in [0, 0.05) is 18.2 Å². The molecular weight excluding hydrogens is 246 g/mol. The smallest absolute Gasteiger partial charge is 0.274 e. The first-order valence-corrected chi connectivity index (χ1v) is 6.09. The van der Waals surface area contributed by atoms with Gasteiger partial charge in [-0.1, -0.05) is 6.92 Å². The van der Waals surface area contributed by atoms with Crippen molar-refractivity contribution in [2.45, 2.75) is 20.0 Å². The highest BCUT2D eigenvalue weighted by Crippen LogP contribution is 2.36. The maximum absolute atomic E-state index is 12.3. The number of benzene rings is 1. The summed E-state index contributed by atoms with van der Waals surface area (Å²) in [4.78, 5) is 25.6. The number of carbonyl (C=O) groups excluding carboxylic acids is 2. The minimum Gasteiger partial charge on any atom is -0.479 e. The van der Waals surface area contributed by atoms with Gasteiger partial charge in [0.2, 0.25) is 5.91 Å². The van der Waals surface area contributed by atoms with E-state index in [4.69, 9.17) is 16.2 Å². The Hall–Kier alpha value is -2.08. The van der Waals surface area contributed by atoms with Gasteiger partial charge in [0.25, 0.3) is 5.91 Å². The van der Waals surface area contributed by atoms with Crippen LogP contribution in [0.2, 0.25) is 0 Å². The highest BCUT2D eigenvalue weighted by molar-refractivity contribution is 6.18. The number of rotatable bonds is 2. The highest BCUT2D eigenvalue weighted by Gasteiger charge is 2.37. The Morgan fingerprint density at radius 2 is 2.21 bits per heavy atom. The first kappa shape index (κ1) is 13.4. The Balaban J connectivity index is 2.50. The third kappa shape index (κ3) is 2.26. The topological polar surface area (TPSA) is 98.7 Å². The number of amides is 2. The van der Waals surface area contributed by atoms with Gasteiger partial charge >= 0.3 is 0 Å². The molecule has 0 aliphatic carbocycles. The van der Waals surface area contributed by atoms with Crippen molar-refractivity contribution in [3.63, 3.8) is 0 Å². The molecule has 6 heteroatoms. The zero-order valence-electron chi connectivity index (χ0n) is 10.9. The molecule has 1 heterocycles. The molecule has 2 atom stereocenters. The van der Waals surface area contributed by atoms with Crippen LogP contribution in [0.5, 0.6) is 5.75 Å². The monoisotopic (exact) mass is 263 g/mol. The number of carbonyl (C=O) groups is 2. The van der Waals surface area contributed by atoms with E-state index in [0.29, 0.717) is 17.1 Å². The van der Waals surface area contributed by atoms with E-state index in [-0.39, 0.29) is 12.5 Å². The van der Waals surface area contributed by atoms with Crippen LogP contribution in [0.1, 0.15) is 13.8 Å². The van der Waals surface area contributed by atoms with Gasteiger partial charge in [-0.25, -0.2) is 4.90 Å². The fourth-order valence-electron chi connectivity index (χ4n) is 1.90. The summed E-state index contributed by atoms with van der Waals surface area (Å²) in [7, 11) is 0. The molecule has 2 rings (SSSR count). The third-order valence-electron chi connectivity index (χ3n) is 3.09. The Labute approximate surface area is 111 Å². The zero-order chi connectivity index (χ0) is 14.2. The van der Waals surface area contributed by atoms with Gasteiger partial charge in [-0.05, 0) is 25.1 Å². The van der Waals surface area contributed by atoms with Crippen LogP contribution < -0.4 is 21.1 Å². The normalized spacial score (nSPS) is 19.6. The van der Waals surface area contributed by atoms with Crippen LogP contribution in [0.3, 0.4) is 0 Å². The largest absolute Gasteiger partial charge is 0.479 e. The molecule has 0 aromatic heterocycles. The van der Waals surface area contributed by atoms with Crippen LogP contribution in [0.15, 0.2) is 18.2 Å². The van der Waals surface area contributed by atoms with Crippen LogP contribution in [0.4, 0.5) is 11.4 Å². The van der Waals surface area contributed by atoms with E-state index in [1.165, 1.54) is 0 Å². The molecule has 1 aliphatic rings. The minimum absolute atomic E-state index is 0.176. The van der Waals surface area contributed by atoms with Crippen molar-refractivity contribution >= 4 is 23.2 Å². The molecular formula is C13H17N3O3. The Bertz CT molecular complexity index is 530. The lowest BCUT2D eigenvalue weighted by Gasteiger charge is -2.33. The van der Waals surface area contributed by atoms with E-state index in [0.717, 1.165) is 4.90 Å². The van der Waals surface area contributed by atoms with Crippen molar-refractivity contribution in [1.82, 2.24) is 0 Å². The number of nitrogens with two attached hydrogens (primary N) is 2. The highest BCUT2D eigenvalue weighted by atomic mass is 16.5. The molecule has 0 bridgehead atoms. The van der Waals surface area contributed by atoms with Gasteiger partial charge in [-0.15, -0.1) is 0 Å². The summed E-state index contributed by atoms with van der Waals surface area (Å²) in [5.74, 6) is -0.708. The second kappa shape index (κ2) is 4.89. The third-order valence-corrected chi connectivity index (χ3v) is 3.09. The van der Waals surface area contributed by atoms with Crippen molar-refractivity contribution in [3.8, 4) is 5.75 Å². The van der Waals surface area contributed by atoms with E-state index in [1.54, 1.807) is 32.0 Å². The molecule has 0 saturated heterocycles. The Morgan fingerprint density at radius 3 is 2.84 bits per heavy atom. The van der Waals surface area contributed by atoms with E-state index in [9.17, 15) is 9.59 Å². The molecule has 2 amide bonds. The lowest BCUT2D eigenvalue weighted by atomic mass is 10.1. The summed E-state index contributed by atoms with van der Waals surface area (Å²) in [6.45, 7) is 3.46. The zero-order valence-corrected chi connectivity index (χ0v) is 10.9. The van der Waals surface area contributed by atoms with Crippen molar-refractivity contribution < 1.29 is 14.3 Å². The summed E-state index contributed by atoms with van der Waals surface area (Å²) in [6.07, 6.45) is -0.704. The second-order valence-electron chi connectivity index (χ2n) is 4.64. The van der Waals surface area contributed by atoms with Gasteiger partial charge in [0.15, 0.2) is 6.10 Å². The summed E-state index contributed by atoms with van der Waals surface area (Å²) >= 11 is 0. The fraction of sp³-hybridized carbons (Fsp3) is 0.385. The SMILES string of the molecule is CC(CN)C(=O)N1C(=O)C(C)Oc2ccc(N)cc21. The van der Waals surface area contributed by atoms with Crippen LogP contribution in [-0.2, 0) is 9.59 Å². The van der Waals surface area contributed by atoms with Gasteiger partial charge in [0.1, 0.15) is 5.75 Å². The average Bonchev–Trinajstić information content (AvgIpc) is 2.39. The molecule has 1 aromatic carbocycles. The predicted molar refractivity (Wildman–Crippen MR) is 71.7 cm³/mol. The molecule has 0 fully saturated rings. The molecule has 4 N–H and O–H groups in total. The van der Waals surface area contributed by atoms with Crippen LogP contribution >= 0.6 is 0 Å². The van der Waals surface area contributed by atoms with Crippen LogP contribution in [-0.4, -0.2) is 24.5 Å². The van der Waals surface area contributed by atoms with Crippen molar-refractivity contribution in [3.05, 3.63) is 18.2 Å². The number of nitrogens with zero attached hydrogens (tertiary/aromatic N) is 1. The van der Waals surface area contributed by atoms with Gasteiger partial charge in [-0.2, -0.15) is 0 Å². The lowest BCUT2D eigenvalue weighted by molar-refractivity contribution is -0.132. The Morgan fingerprint density at radius 1 is 1.53 bits per heavy atom. The van der Waals surface area contributed by atoms with Crippen molar-refractivity contribution in [2.24, 2.45) is 11.7 Å². The number of hydrogen-bond acceptors (Lipinski definition) is 5. The number of imide groups is 1. The Kier molecular flexibility index (Phi) is 3.44. The predicted octanol–water partition coefficient (Wildman–Crippen LogP) is 0.504. The molecule has 1 aromatic rings. The van der Waals surface area contributed by atoms with Gasteiger partial charge in [0.05, 0.1) is 5.69 Å². The minimum atomic E-state index is -0.704. The molecule has 1 aliphatic heterocycles. The van der Waals surface area contributed by atoms with Gasteiger partial charge in [-0.3, -0.25) is 9.59 Å². The summed E-state index contributed by atoms with van der Waals surface area (Å²) < 4.78 is 5.46. The first-order chi connectivity index (χ1) is 8.95. The number of ether oxygens (including phenoxy) is 1. The number of hydrogen-bond donors (Lipinski definition) is 2. The summed E-state index contributed by atoms with van der Waals surface area (Å²) in [5.41, 5.74) is 12.0. The number of fused-ring (bicyclic) bond motifs is 1. The maximum atomic E-state index is 12.3. The molecule has 19 heavy (non-hydrogen) atoms. The van der Waals surface area contributed by atoms with E-state index in [1.807, 2.05) is 0 Å². The fourth-order valence-corrected chi connectivity index (χ4v) is 1.90. The van der Waals surface area contributed by atoms with Crippen molar-refractivity contribution in [1.29, 1.82) is 0 Å². The standard InChI is InChI=1S/C13H17N3O3/c1-7(6-14)12(17)16-10-5-9(15)3-4-11(10)19-8(2)13(16)18/h3-5,7-8H,6,14-15H2,1-2H3. The number of nitrogen functional groups attached to an aromatic ring is 1. The van der Waals surface area contributed by atoms with E-state index < -0.39 is 17.9 Å².